The molecule has 4 rings (SSSR count). The Hall–Kier alpha value is -3.60. The van der Waals surface area contributed by atoms with Crippen LogP contribution in [0, 0.1) is 13.8 Å². The summed E-state index contributed by atoms with van der Waals surface area (Å²) >= 11 is 3.47. The van der Waals surface area contributed by atoms with Gasteiger partial charge in [-0.2, -0.15) is 17.6 Å². The summed E-state index contributed by atoms with van der Waals surface area (Å²) in [5, 5.41) is 2.90. The Kier molecular flexibility index (Phi) is 8.25. The fraction of sp³-hybridized carbons (Fsp3) is 0.259. The van der Waals surface area contributed by atoms with Crippen molar-refractivity contribution >= 4 is 27.7 Å². The zero-order valence-electron chi connectivity index (χ0n) is 20.3. The topological polar surface area (TPSA) is 69.2 Å². The average molecular weight is 595 g/mol. The molecule has 0 amide bonds. The largest absolute Gasteiger partial charge is 0.462 e. The van der Waals surface area contributed by atoms with Crippen LogP contribution in [0.1, 0.15) is 32.6 Å². The number of hydrogen-bond donors (Lipinski definition) is 1. The second-order valence-electron chi connectivity index (χ2n) is 8.57. The highest BCUT2D eigenvalue weighted by Crippen LogP contribution is 2.40. The number of carbonyl (C=O) groups excluding carboxylic acids is 1. The van der Waals surface area contributed by atoms with Gasteiger partial charge in [0.05, 0.1) is 6.54 Å². The fourth-order valence-electron chi connectivity index (χ4n) is 4.15. The first-order valence-electron chi connectivity index (χ1n) is 11.4. The number of rotatable bonds is 9. The Bertz CT molecular complexity index is 1370. The molecule has 200 valence electrons. The van der Waals surface area contributed by atoms with Crippen molar-refractivity contribution in [2.75, 3.05) is 13.2 Å². The average Bonchev–Trinajstić information content (AvgIpc) is 3.30. The van der Waals surface area contributed by atoms with Crippen molar-refractivity contribution in [2.24, 2.45) is 4.99 Å². The summed E-state index contributed by atoms with van der Waals surface area (Å²) in [6.45, 7) is -2.76. The van der Waals surface area contributed by atoms with Crippen molar-refractivity contribution in [1.82, 2.24) is 5.32 Å². The third-order valence-corrected chi connectivity index (χ3v) is 6.49. The first kappa shape index (κ1) is 27.4. The van der Waals surface area contributed by atoms with E-state index in [0.717, 1.165) is 10.0 Å². The van der Waals surface area contributed by atoms with Crippen molar-refractivity contribution in [3.8, 4) is 11.5 Å². The zero-order chi connectivity index (χ0) is 27.4. The lowest BCUT2D eigenvalue weighted by Gasteiger charge is -2.26. The maximum Gasteiger partial charge on any atom is 0.387 e. The summed E-state index contributed by atoms with van der Waals surface area (Å²) < 4.78 is 66.2. The Morgan fingerprint density at radius 3 is 2.21 bits per heavy atom. The van der Waals surface area contributed by atoms with Gasteiger partial charge in [0.2, 0.25) is 0 Å². The highest BCUT2D eigenvalue weighted by atomic mass is 79.9. The summed E-state index contributed by atoms with van der Waals surface area (Å²) in [6.07, 6.45) is 0. The number of nitrogens with one attached hydrogen (secondary N) is 1. The number of nitrogens with zero attached hydrogens (tertiary/aromatic N) is 1. The van der Waals surface area contributed by atoms with E-state index in [9.17, 15) is 22.4 Å². The van der Waals surface area contributed by atoms with Crippen molar-refractivity contribution in [2.45, 2.75) is 32.6 Å². The lowest BCUT2D eigenvalue weighted by molar-refractivity contribution is -0.0509. The molecule has 0 saturated carbocycles. The third-order valence-electron chi connectivity index (χ3n) is 5.99. The number of hydrogen-bond acceptors (Lipinski definition) is 6. The van der Waals surface area contributed by atoms with E-state index >= 15 is 0 Å². The number of Topliss-reactive ketones (excluding diaryl/α,β-unsaturated/α-hetero) is 1. The van der Waals surface area contributed by atoms with Gasteiger partial charge in [0.15, 0.2) is 11.3 Å². The van der Waals surface area contributed by atoms with Crippen LogP contribution in [-0.4, -0.2) is 38.2 Å². The van der Waals surface area contributed by atoms with Crippen LogP contribution in [0.25, 0.3) is 0 Å². The molecule has 3 aromatic carbocycles. The molecule has 1 N–H and O–H groups in total. The van der Waals surface area contributed by atoms with Crippen molar-refractivity contribution in [1.29, 1.82) is 0 Å². The fourth-order valence-corrected chi connectivity index (χ4v) is 4.55. The van der Waals surface area contributed by atoms with Crippen LogP contribution >= 0.6 is 15.9 Å². The first-order valence-corrected chi connectivity index (χ1v) is 12.2. The van der Waals surface area contributed by atoms with E-state index in [1.807, 2.05) is 24.3 Å². The van der Waals surface area contributed by atoms with Crippen LogP contribution in [0.5, 0.6) is 11.5 Å². The monoisotopic (exact) mass is 594 g/mol. The molecule has 1 aliphatic heterocycles. The van der Waals surface area contributed by atoms with Gasteiger partial charge in [-0.15, -0.1) is 0 Å². The molecule has 0 saturated heterocycles. The number of amidine groups is 1. The molecule has 3 aromatic rings. The minimum Gasteiger partial charge on any atom is -0.462 e. The summed E-state index contributed by atoms with van der Waals surface area (Å²) in [7, 11) is 0. The lowest BCUT2D eigenvalue weighted by atomic mass is 9.83. The molecule has 0 bridgehead atoms. The summed E-state index contributed by atoms with van der Waals surface area (Å²) in [4.78, 5) is 17.5. The van der Waals surface area contributed by atoms with E-state index < -0.39 is 18.8 Å². The smallest absolute Gasteiger partial charge is 0.387 e. The van der Waals surface area contributed by atoms with Gasteiger partial charge in [-0.25, -0.2) is 4.99 Å². The standard InChI is InChI=1S/C27H23BrF4N2O4/c1-15-10-17(6-8-22(15)37-24(29)30)21(35)13-33-26-34-27(14-36-26,18-4-3-5-20(28)12-18)19-7-9-23(16(2)11-19)38-25(31)32/h3-12,24-25H,13-14H2,1-2H3,(H,33,34). The Labute approximate surface area is 224 Å². The molecule has 0 fully saturated rings. The van der Waals surface area contributed by atoms with Gasteiger partial charge in [-0.05, 0) is 78.6 Å². The number of aliphatic imine (C=N–C) groups is 1. The second-order valence-corrected chi connectivity index (χ2v) is 9.49. The normalized spacial score (nSPS) is 16.8. The van der Waals surface area contributed by atoms with Crippen molar-refractivity contribution < 1.29 is 36.6 Å². The van der Waals surface area contributed by atoms with Gasteiger partial charge in [0, 0.05) is 10.0 Å². The number of carbonyl (C=O) groups is 1. The van der Waals surface area contributed by atoms with Gasteiger partial charge in [0.1, 0.15) is 18.1 Å². The Balaban J connectivity index is 1.59. The van der Waals surface area contributed by atoms with E-state index in [0.29, 0.717) is 22.3 Å². The molecule has 0 radical (unpaired) electrons. The highest BCUT2D eigenvalue weighted by molar-refractivity contribution is 9.10. The molecule has 1 heterocycles. The van der Waals surface area contributed by atoms with Gasteiger partial charge < -0.3 is 19.5 Å². The molecule has 1 unspecified atom stereocenters. The highest BCUT2D eigenvalue weighted by Gasteiger charge is 2.41. The predicted molar refractivity (Wildman–Crippen MR) is 136 cm³/mol. The van der Waals surface area contributed by atoms with Crippen LogP contribution < -0.4 is 14.8 Å². The minimum absolute atomic E-state index is 0.00734. The zero-order valence-corrected chi connectivity index (χ0v) is 21.9. The summed E-state index contributed by atoms with van der Waals surface area (Å²) in [5.74, 6) is -0.264. The molecule has 1 aliphatic rings. The van der Waals surface area contributed by atoms with Crippen LogP contribution in [0.2, 0.25) is 0 Å². The van der Waals surface area contributed by atoms with E-state index in [1.54, 1.807) is 26.0 Å². The van der Waals surface area contributed by atoms with Gasteiger partial charge in [0.25, 0.3) is 6.02 Å². The van der Waals surface area contributed by atoms with Crippen LogP contribution in [0.4, 0.5) is 17.6 Å². The number of benzene rings is 3. The molecule has 0 aromatic heterocycles. The summed E-state index contributed by atoms with van der Waals surface area (Å²) in [6, 6.07) is 16.6. The molecule has 38 heavy (non-hydrogen) atoms. The predicted octanol–water partition coefficient (Wildman–Crippen LogP) is 6.37. The summed E-state index contributed by atoms with van der Waals surface area (Å²) in [5.41, 5.74) is 1.64. The SMILES string of the molecule is Cc1cc(C(=O)CNC2=NC(c3cccc(Br)c3)(c3ccc(OC(F)F)c(C)c3)CO2)ccc1OC(F)F. The molecule has 0 spiro atoms. The quantitative estimate of drug-likeness (QED) is 0.230. The van der Waals surface area contributed by atoms with Crippen LogP contribution in [-0.2, 0) is 10.3 Å². The first-order chi connectivity index (χ1) is 18.1. The van der Waals surface area contributed by atoms with Gasteiger partial charge >= 0.3 is 13.2 Å². The lowest BCUT2D eigenvalue weighted by Crippen LogP contribution is -2.29. The number of halogens is 5. The van der Waals surface area contributed by atoms with Gasteiger partial charge in [-0.3, -0.25) is 4.79 Å². The third kappa shape index (κ3) is 6.09. The molecule has 0 aliphatic carbocycles. The maximum atomic E-state index is 12.8. The van der Waals surface area contributed by atoms with Crippen molar-refractivity contribution in [3.05, 3.63) is 93.0 Å². The molecule has 11 heteroatoms. The van der Waals surface area contributed by atoms with Crippen LogP contribution in [0.3, 0.4) is 0 Å². The Morgan fingerprint density at radius 2 is 1.61 bits per heavy atom. The van der Waals surface area contributed by atoms with E-state index in [-0.39, 0.29) is 36.5 Å². The minimum atomic E-state index is -2.96. The van der Waals surface area contributed by atoms with E-state index in [2.05, 4.69) is 30.7 Å². The van der Waals surface area contributed by atoms with E-state index in [1.165, 1.54) is 24.3 Å². The van der Waals surface area contributed by atoms with Gasteiger partial charge in [-0.1, -0.05) is 34.1 Å². The molecule has 1 atom stereocenters. The molecular formula is C27H23BrF4N2O4. The number of ketones is 1. The molecular weight excluding hydrogens is 572 g/mol. The number of alkyl halides is 4. The van der Waals surface area contributed by atoms with Crippen LogP contribution in [0.15, 0.2) is 70.1 Å². The number of ether oxygens (including phenoxy) is 3. The van der Waals surface area contributed by atoms with Crippen molar-refractivity contribution in [3.63, 3.8) is 0 Å². The molecule has 6 nitrogen and oxygen atoms in total. The Morgan fingerprint density at radius 1 is 0.974 bits per heavy atom. The second kappa shape index (κ2) is 11.4. The van der Waals surface area contributed by atoms with E-state index in [4.69, 9.17) is 9.73 Å². The number of aryl methyl sites for hydroxylation is 2. The maximum absolute atomic E-state index is 12.8.